The highest BCUT2D eigenvalue weighted by atomic mass is 32.2. The van der Waals surface area contributed by atoms with Crippen molar-refractivity contribution < 1.29 is 4.39 Å². The average Bonchev–Trinajstić information content (AvgIpc) is 2.42. The van der Waals surface area contributed by atoms with E-state index in [0.29, 0.717) is 12.6 Å². The molecule has 112 valence electrons. The molecule has 0 aromatic heterocycles. The summed E-state index contributed by atoms with van der Waals surface area (Å²) in [5, 5.41) is 3.36. The topological polar surface area (TPSA) is 12.0 Å². The maximum absolute atomic E-state index is 14.2. The zero-order valence-corrected chi connectivity index (χ0v) is 13.9. The van der Waals surface area contributed by atoms with Crippen LogP contribution in [-0.2, 0) is 6.54 Å². The second-order valence-electron chi connectivity index (χ2n) is 5.63. The van der Waals surface area contributed by atoms with Crippen LogP contribution < -0.4 is 5.32 Å². The molecule has 2 rings (SSSR count). The van der Waals surface area contributed by atoms with Gasteiger partial charge in [-0.2, -0.15) is 0 Å². The molecule has 3 heteroatoms. The Morgan fingerprint density at radius 2 is 1.90 bits per heavy atom. The van der Waals surface area contributed by atoms with Gasteiger partial charge in [0.1, 0.15) is 5.82 Å². The number of hydrogen-bond donors (Lipinski definition) is 1. The molecule has 0 atom stereocenters. The van der Waals surface area contributed by atoms with Crippen LogP contribution in [0.2, 0.25) is 0 Å². The molecule has 0 saturated carbocycles. The first-order valence-electron chi connectivity index (χ1n) is 7.23. The fourth-order valence-electron chi connectivity index (χ4n) is 2.14. The fourth-order valence-corrected chi connectivity index (χ4v) is 3.16. The molecule has 0 unspecified atom stereocenters. The Kier molecular flexibility index (Phi) is 5.43. The molecule has 2 aromatic rings. The van der Waals surface area contributed by atoms with Crippen LogP contribution in [0.25, 0.3) is 0 Å². The van der Waals surface area contributed by atoms with Gasteiger partial charge in [0.05, 0.1) is 4.90 Å². The molecule has 0 amide bonds. The van der Waals surface area contributed by atoms with Crippen molar-refractivity contribution >= 4 is 11.8 Å². The lowest BCUT2D eigenvalue weighted by atomic mass is 10.2. The Labute approximate surface area is 131 Å². The molecule has 0 saturated heterocycles. The van der Waals surface area contributed by atoms with Gasteiger partial charge in [0.2, 0.25) is 0 Å². The van der Waals surface area contributed by atoms with E-state index < -0.39 is 0 Å². The van der Waals surface area contributed by atoms with Gasteiger partial charge in [0.25, 0.3) is 0 Å². The second-order valence-corrected chi connectivity index (χ2v) is 6.69. The highest BCUT2D eigenvalue weighted by molar-refractivity contribution is 7.99. The van der Waals surface area contributed by atoms with Crippen molar-refractivity contribution in [2.24, 2.45) is 0 Å². The Morgan fingerprint density at radius 3 is 2.57 bits per heavy atom. The molecule has 1 N–H and O–H groups in total. The average molecular weight is 303 g/mol. The van der Waals surface area contributed by atoms with Crippen LogP contribution in [0.1, 0.15) is 30.5 Å². The second kappa shape index (κ2) is 7.10. The van der Waals surface area contributed by atoms with E-state index in [1.807, 2.05) is 6.07 Å². The van der Waals surface area contributed by atoms with Crippen LogP contribution in [0.5, 0.6) is 0 Å². The number of halogens is 1. The number of hydrogen-bond acceptors (Lipinski definition) is 2. The highest BCUT2D eigenvalue weighted by Crippen LogP contribution is 2.34. The predicted octanol–water partition coefficient (Wildman–Crippen LogP) is 5.09. The van der Waals surface area contributed by atoms with Crippen molar-refractivity contribution in [3.05, 3.63) is 58.9 Å². The Balaban J connectivity index is 2.29. The van der Waals surface area contributed by atoms with Gasteiger partial charge in [0.15, 0.2) is 0 Å². The van der Waals surface area contributed by atoms with Crippen molar-refractivity contribution in [3.63, 3.8) is 0 Å². The maximum atomic E-state index is 14.2. The molecule has 0 bridgehead atoms. The summed E-state index contributed by atoms with van der Waals surface area (Å²) < 4.78 is 14.2. The van der Waals surface area contributed by atoms with Crippen LogP contribution in [0, 0.1) is 19.7 Å². The number of nitrogens with one attached hydrogen (secondary N) is 1. The zero-order chi connectivity index (χ0) is 15.4. The molecule has 0 radical (unpaired) electrons. The molecule has 21 heavy (non-hydrogen) atoms. The van der Waals surface area contributed by atoms with E-state index >= 15 is 0 Å². The molecule has 0 aliphatic carbocycles. The van der Waals surface area contributed by atoms with E-state index in [0.717, 1.165) is 15.4 Å². The lowest BCUT2D eigenvalue weighted by Crippen LogP contribution is -2.22. The molecular weight excluding hydrogens is 281 g/mol. The smallest absolute Gasteiger partial charge is 0.137 e. The molecule has 0 fully saturated rings. The summed E-state index contributed by atoms with van der Waals surface area (Å²) in [5.41, 5.74) is 3.42. The van der Waals surface area contributed by atoms with Crippen LogP contribution in [0.15, 0.2) is 46.2 Å². The van der Waals surface area contributed by atoms with Crippen LogP contribution >= 0.6 is 11.8 Å². The van der Waals surface area contributed by atoms with E-state index in [1.54, 1.807) is 6.07 Å². The van der Waals surface area contributed by atoms with E-state index in [2.05, 4.69) is 51.2 Å². The summed E-state index contributed by atoms with van der Waals surface area (Å²) in [7, 11) is 0. The quantitative estimate of drug-likeness (QED) is 0.825. The van der Waals surface area contributed by atoms with E-state index in [9.17, 15) is 4.39 Å². The molecule has 0 aliphatic heterocycles. The van der Waals surface area contributed by atoms with Crippen LogP contribution in [0.3, 0.4) is 0 Å². The van der Waals surface area contributed by atoms with E-state index in [4.69, 9.17) is 0 Å². The third kappa shape index (κ3) is 4.32. The standard InChI is InChI=1S/C18H22FNS/c1-12(2)20-11-15-6-5-7-16(19)18(15)21-17-9-8-13(3)10-14(17)4/h5-10,12,20H,11H2,1-4H3. The van der Waals surface area contributed by atoms with Gasteiger partial charge in [0, 0.05) is 17.5 Å². The lowest BCUT2D eigenvalue weighted by molar-refractivity contribution is 0.564. The summed E-state index contributed by atoms with van der Waals surface area (Å²) in [6.07, 6.45) is 0. The van der Waals surface area contributed by atoms with Crippen LogP contribution in [-0.4, -0.2) is 6.04 Å². The number of aryl methyl sites for hydroxylation is 2. The van der Waals surface area contributed by atoms with Crippen LogP contribution in [0.4, 0.5) is 4.39 Å². The summed E-state index contributed by atoms with van der Waals surface area (Å²) in [5.74, 6) is -0.150. The van der Waals surface area contributed by atoms with Gasteiger partial charge in [-0.3, -0.25) is 0 Å². The fraction of sp³-hybridized carbons (Fsp3) is 0.333. The zero-order valence-electron chi connectivity index (χ0n) is 13.0. The lowest BCUT2D eigenvalue weighted by Gasteiger charge is -2.14. The third-order valence-corrected chi connectivity index (χ3v) is 4.63. The first-order valence-corrected chi connectivity index (χ1v) is 8.05. The molecular formula is C18H22FNS. The molecule has 0 aliphatic rings. The van der Waals surface area contributed by atoms with Crippen molar-refractivity contribution in [1.29, 1.82) is 0 Å². The van der Waals surface area contributed by atoms with Crippen molar-refractivity contribution in [3.8, 4) is 0 Å². The molecule has 1 nitrogen and oxygen atoms in total. The number of rotatable bonds is 5. The SMILES string of the molecule is Cc1ccc(Sc2c(F)cccc2CNC(C)C)c(C)c1. The van der Waals surface area contributed by atoms with Gasteiger partial charge in [-0.15, -0.1) is 0 Å². The van der Waals surface area contributed by atoms with Crippen molar-refractivity contribution in [1.82, 2.24) is 5.32 Å². The van der Waals surface area contributed by atoms with E-state index in [-0.39, 0.29) is 5.82 Å². The molecule has 2 aromatic carbocycles. The van der Waals surface area contributed by atoms with Gasteiger partial charge >= 0.3 is 0 Å². The van der Waals surface area contributed by atoms with E-state index in [1.165, 1.54) is 29.0 Å². The summed E-state index contributed by atoms with van der Waals surface area (Å²) in [4.78, 5) is 1.83. The summed E-state index contributed by atoms with van der Waals surface area (Å²) in [6, 6.07) is 12.0. The Morgan fingerprint density at radius 1 is 1.14 bits per heavy atom. The normalized spacial score (nSPS) is 11.1. The molecule has 0 heterocycles. The monoisotopic (exact) mass is 303 g/mol. The van der Waals surface area contributed by atoms with Gasteiger partial charge in [-0.25, -0.2) is 4.39 Å². The highest BCUT2D eigenvalue weighted by Gasteiger charge is 2.12. The van der Waals surface area contributed by atoms with Gasteiger partial charge in [-0.1, -0.05) is 55.4 Å². The minimum atomic E-state index is -0.150. The van der Waals surface area contributed by atoms with Gasteiger partial charge < -0.3 is 5.32 Å². The minimum absolute atomic E-state index is 0.150. The first kappa shape index (κ1) is 16.1. The number of benzene rings is 2. The Hall–Kier alpha value is -1.32. The third-order valence-electron chi connectivity index (χ3n) is 3.29. The van der Waals surface area contributed by atoms with Crippen molar-refractivity contribution in [2.75, 3.05) is 0 Å². The predicted molar refractivity (Wildman–Crippen MR) is 88.4 cm³/mol. The Bertz CT molecular complexity index is 623. The van der Waals surface area contributed by atoms with Crippen molar-refractivity contribution in [2.45, 2.75) is 50.1 Å². The summed E-state index contributed by atoms with van der Waals surface area (Å²) in [6.45, 7) is 9.01. The van der Waals surface area contributed by atoms with Gasteiger partial charge in [-0.05, 0) is 37.1 Å². The first-order chi connectivity index (χ1) is 9.97. The maximum Gasteiger partial charge on any atom is 0.137 e. The summed E-state index contributed by atoms with van der Waals surface area (Å²) >= 11 is 1.51. The molecule has 0 spiro atoms. The largest absolute Gasteiger partial charge is 0.310 e. The minimum Gasteiger partial charge on any atom is -0.310 e.